The van der Waals surface area contributed by atoms with Crippen LogP contribution >= 0.6 is 11.3 Å². The molecule has 2 heterocycles. The molecule has 6 heteroatoms. The topological polar surface area (TPSA) is 55.6 Å². The van der Waals surface area contributed by atoms with Crippen LogP contribution in [0.1, 0.15) is 11.9 Å². The van der Waals surface area contributed by atoms with E-state index in [-0.39, 0.29) is 0 Å². The van der Waals surface area contributed by atoms with Gasteiger partial charge in [-0.25, -0.2) is 0 Å². The number of hydrogen-bond donors (Lipinski definition) is 1. The number of aryl methyl sites for hydroxylation is 1. The number of nitrogens with one attached hydrogen (secondary N) is 1. The van der Waals surface area contributed by atoms with E-state index in [0.717, 1.165) is 23.2 Å². The van der Waals surface area contributed by atoms with E-state index in [1.54, 1.807) is 17.5 Å². The first kappa shape index (κ1) is 11.1. The van der Waals surface area contributed by atoms with Crippen molar-refractivity contribution in [3.8, 4) is 0 Å². The number of nitrogens with zero attached hydrogens (tertiary/aromatic N) is 4. The summed E-state index contributed by atoms with van der Waals surface area (Å²) in [5, 5.41) is 17.3. The van der Waals surface area contributed by atoms with Gasteiger partial charge in [0, 0.05) is 25.5 Å². The molecule has 86 valence electrons. The number of aromatic nitrogens is 4. The van der Waals surface area contributed by atoms with Crippen LogP contribution in [0, 0.1) is 12.8 Å². The molecule has 0 unspecified atom stereocenters. The molecule has 2 aromatic heterocycles. The monoisotopic (exact) mass is 237 g/mol. The van der Waals surface area contributed by atoms with E-state index in [4.69, 9.17) is 0 Å². The van der Waals surface area contributed by atoms with Gasteiger partial charge in [-0.1, -0.05) is 18.3 Å². The number of hydrogen-bond acceptors (Lipinski definition) is 5. The first-order chi connectivity index (χ1) is 7.74. The summed E-state index contributed by atoms with van der Waals surface area (Å²) in [6.07, 6.45) is 3.78. The Hall–Kier alpha value is -1.43. The van der Waals surface area contributed by atoms with Crippen molar-refractivity contribution in [3.05, 3.63) is 23.5 Å². The second-order valence-corrected chi connectivity index (χ2v) is 5.02. The van der Waals surface area contributed by atoms with E-state index < -0.39 is 0 Å². The van der Waals surface area contributed by atoms with Crippen molar-refractivity contribution in [2.24, 2.45) is 5.92 Å². The van der Waals surface area contributed by atoms with Gasteiger partial charge in [-0.2, -0.15) is 5.10 Å². The van der Waals surface area contributed by atoms with Gasteiger partial charge in [0.1, 0.15) is 5.01 Å². The highest BCUT2D eigenvalue weighted by molar-refractivity contribution is 7.15. The number of rotatable bonds is 5. The van der Waals surface area contributed by atoms with E-state index >= 15 is 0 Å². The first-order valence-corrected chi connectivity index (χ1v) is 6.07. The number of anilines is 1. The zero-order valence-electron chi connectivity index (χ0n) is 9.42. The Bertz CT molecular complexity index is 422. The summed E-state index contributed by atoms with van der Waals surface area (Å²) < 4.78 is 1.94. The standard InChI is InChI=1S/C10H15N5S/c1-8(7-15-5-3-4-12-15)6-11-10-14-13-9(2)16-10/h3-5,8H,6-7H2,1-2H3,(H,11,14)/t8-/m0/s1. The minimum Gasteiger partial charge on any atom is -0.360 e. The Kier molecular flexibility index (Phi) is 3.51. The molecule has 0 aromatic carbocycles. The molecule has 0 bridgehead atoms. The van der Waals surface area contributed by atoms with Crippen LogP contribution in [0.3, 0.4) is 0 Å². The van der Waals surface area contributed by atoms with Crippen LogP contribution in [0.2, 0.25) is 0 Å². The summed E-state index contributed by atoms with van der Waals surface area (Å²) in [4.78, 5) is 0. The minimum atomic E-state index is 0.504. The van der Waals surface area contributed by atoms with E-state index in [1.807, 2.05) is 23.9 Å². The van der Waals surface area contributed by atoms with Crippen LogP contribution < -0.4 is 5.32 Å². The van der Waals surface area contributed by atoms with Gasteiger partial charge in [0.05, 0.1) is 0 Å². The molecule has 0 aliphatic rings. The predicted molar refractivity (Wildman–Crippen MR) is 64.5 cm³/mol. The molecule has 0 aliphatic heterocycles. The normalized spacial score (nSPS) is 12.6. The largest absolute Gasteiger partial charge is 0.360 e. The fourth-order valence-electron chi connectivity index (χ4n) is 1.42. The van der Waals surface area contributed by atoms with E-state index in [1.165, 1.54) is 0 Å². The lowest BCUT2D eigenvalue weighted by molar-refractivity contribution is 0.467. The molecular formula is C10H15N5S. The zero-order chi connectivity index (χ0) is 11.4. The summed E-state index contributed by atoms with van der Waals surface area (Å²) in [6, 6.07) is 1.94. The Morgan fingerprint density at radius 1 is 1.50 bits per heavy atom. The maximum atomic E-state index is 4.18. The molecule has 0 radical (unpaired) electrons. The molecule has 0 spiro atoms. The minimum absolute atomic E-state index is 0.504. The van der Waals surface area contributed by atoms with Crippen LogP contribution in [0.4, 0.5) is 5.13 Å². The van der Waals surface area contributed by atoms with Crippen LogP contribution in [-0.2, 0) is 6.54 Å². The van der Waals surface area contributed by atoms with E-state index in [0.29, 0.717) is 5.92 Å². The third-order valence-corrected chi connectivity index (χ3v) is 2.98. The molecule has 0 amide bonds. The predicted octanol–water partition coefficient (Wildman–Crippen LogP) is 1.79. The van der Waals surface area contributed by atoms with Crippen molar-refractivity contribution >= 4 is 16.5 Å². The smallest absolute Gasteiger partial charge is 0.205 e. The zero-order valence-corrected chi connectivity index (χ0v) is 10.2. The average molecular weight is 237 g/mol. The lowest BCUT2D eigenvalue weighted by Crippen LogP contribution is -2.17. The average Bonchev–Trinajstić information content (AvgIpc) is 2.87. The van der Waals surface area contributed by atoms with Crippen molar-refractivity contribution in [3.63, 3.8) is 0 Å². The highest BCUT2D eigenvalue weighted by atomic mass is 32.1. The van der Waals surface area contributed by atoms with Gasteiger partial charge in [-0.05, 0) is 18.9 Å². The van der Waals surface area contributed by atoms with Gasteiger partial charge in [-0.3, -0.25) is 4.68 Å². The van der Waals surface area contributed by atoms with Crippen molar-refractivity contribution in [2.45, 2.75) is 20.4 Å². The molecule has 1 atom stereocenters. The molecule has 0 fully saturated rings. The van der Waals surface area contributed by atoms with Gasteiger partial charge in [-0.15, -0.1) is 10.2 Å². The summed E-state index contributed by atoms with van der Waals surface area (Å²) >= 11 is 1.58. The van der Waals surface area contributed by atoms with Crippen molar-refractivity contribution in [1.82, 2.24) is 20.0 Å². The highest BCUT2D eigenvalue weighted by Gasteiger charge is 2.05. The van der Waals surface area contributed by atoms with Crippen LogP contribution in [0.5, 0.6) is 0 Å². The van der Waals surface area contributed by atoms with E-state index in [9.17, 15) is 0 Å². The van der Waals surface area contributed by atoms with Gasteiger partial charge < -0.3 is 5.32 Å². The quantitative estimate of drug-likeness (QED) is 0.861. The second-order valence-electron chi connectivity index (χ2n) is 3.84. The summed E-state index contributed by atoms with van der Waals surface area (Å²) in [7, 11) is 0. The van der Waals surface area contributed by atoms with Gasteiger partial charge >= 0.3 is 0 Å². The van der Waals surface area contributed by atoms with E-state index in [2.05, 4.69) is 27.5 Å². The third kappa shape index (κ3) is 3.03. The Morgan fingerprint density at radius 3 is 3.00 bits per heavy atom. The molecule has 5 nitrogen and oxygen atoms in total. The molecule has 1 N–H and O–H groups in total. The molecular weight excluding hydrogens is 222 g/mol. The van der Waals surface area contributed by atoms with Crippen molar-refractivity contribution in [2.75, 3.05) is 11.9 Å². The molecule has 0 aliphatic carbocycles. The molecule has 0 saturated carbocycles. The third-order valence-electron chi connectivity index (χ3n) is 2.19. The summed E-state index contributed by atoms with van der Waals surface area (Å²) in [5.41, 5.74) is 0. The van der Waals surface area contributed by atoms with Gasteiger partial charge in [0.2, 0.25) is 5.13 Å². The summed E-state index contributed by atoms with van der Waals surface area (Å²) in [5.74, 6) is 0.504. The maximum Gasteiger partial charge on any atom is 0.205 e. The Morgan fingerprint density at radius 2 is 2.38 bits per heavy atom. The SMILES string of the molecule is Cc1nnc(NC[C@H](C)Cn2cccn2)s1. The van der Waals surface area contributed by atoms with Crippen LogP contribution in [0.25, 0.3) is 0 Å². The lowest BCUT2D eigenvalue weighted by atomic mass is 10.2. The van der Waals surface area contributed by atoms with Crippen LogP contribution in [-0.4, -0.2) is 26.5 Å². The fourth-order valence-corrected chi connectivity index (χ4v) is 2.02. The van der Waals surface area contributed by atoms with Gasteiger partial charge in [0.15, 0.2) is 0 Å². The lowest BCUT2D eigenvalue weighted by Gasteiger charge is -2.11. The molecule has 0 saturated heterocycles. The second kappa shape index (κ2) is 5.07. The fraction of sp³-hybridized carbons (Fsp3) is 0.500. The van der Waals surface area contributed by atoms with Gasteiger partial charge in [0.25, 0.3) is 0 Å². The summed E-state index contributed by atoms with van der Waals surface area (Å²) in [6.45, 7) is 5.94. The highest BCUT2D eigenvalue weighted by Crippen LogP contribution is 2.14. The van der Waals surface area contributed by atoms with Crippen molar-refractivity contribution in [1.29, 1.82) is 0 Å². The first-order valence-electron chi connectivity index (χ1n) is 5.25. The van der Waals surface area contributed by atoms with Crippen LogP contribution in [0.15, 0.2) is 18.5 Å². The molecule has 2 rings (SSSR count). The molecule has 2 aromatic rings. The Labute approximate surface area is 98.5 Å². The van der Waals surface area contributed by atoms with Crippen molar-refractivity contribution < 1.29 is 0 Å². The molecule has 16 heavy (non-hydrogen) atoms. The Balaban J connectivity index is 1.77. The maximum absolute atomic E-state index is 4.18.